The number of para-hydroxylation sites is 1. The summed E-state index contributed by atoms with van der Waals surface area (Å²) >= 11 is 0. The molecule has 0 saturated heterocycles. The van der Waals surface area contributed by atoms with E-state index >= 15 is 0 Å². The van der Waals surface area contributed by atoms with Crippen molar-refractivity contribution in [3.63, 3.8) is 0 Å². The molecule has 0 aliphatic carbocycles. The minimum absolute atomic E-state index is 0.0384. The first-order valence-electron chi connectivity index (χ1n) is 7.94. The molecule has 5 heteroatoms. The van der Waals surface area contributed by atoms with Crippen molar-refractivity contribution >= 4 is 11.0 Å². The van der Waals surface area contributed by atoms with Crippen molar-refractivity contribution in [3.05, 3.63) is 78.0 Å². The Labute approximate surface area is 143 Å². The first-order valence-corrected chi connectivity index (χ1v) is 7.94. The molecule has 0 N–H and O–H groups in total. The lowest BCUT2D eigenvalue weighted by atomic mass is 10.1. The van der Waals surface area contributed by atoms with E-state index in [0.29, 0.717) is 22.4 Å². The van der Waals surface area contributed by atoms with Gasteiger partial charge in [0, 0.05) is 11.1 Å². The maximum absolute atomic E-state index is 13.7. The summed E-state index contributed by atoms with van der Waals surface area (Å²) in [6.45, 7) is 1.73. The number of pyridine rings is 1. The van der Waals surface area contributed by atoms with Crippen molar-refractivity contribution in [3.8, 4) is 16.9 Å². The van der Waals surface area contributed by atoms with Crippen molar-refractivity contribution in [2.45, 2.75) is 13.3 Å². The van der Waals surface area contributed by atoms with Gasteiger partial charge in [0.1, 0.15) is 0 Å². The third kappa shape index (κ3) is 2.67. The number of hydrogen-bond acceptors (Lipinski definition) is 2. The minimum atomic E-state index is -2.60. The summed E-state index contributed by atoms with van der Waals surface area (Å²) in [4.78, 5) is 4.65. The van der Waals surface area contributed by atoms with E-state index in [-0.39, 0.29) is 5.56 Å². The molecule has 2 heterocycles. The highest BCUT2D eigenvalue weighted by Crippen LogP contribution is 2.33. The largest absolute Gasteiger partial charge is 0.264 e. The van der Waals surface area contributed by atoms with Gasteiger partial charge in [0.05, 0.1) is 22.5 Å². The SMILES string of the molecule is Cc1nn(-c2ccccc2)c2nc(-c3ccccc3)cc(C(F)F)c12. The van der Waals surface area contributed by atoms with Crippen molar-refractivity contribution < 1.29 is 8.78 Å². The molecule has 2 aromatic carbocycles. The van der Waals surface area contributed by atoms with E-state index in [4.69, 9.17) is 0 Å². The van der Waals surface area contributed by atoms with Gasteiger partial charge in [-0.15, -0.1) is 0 Å². The molecular weight excluding hydrogens is 320 g/mol. The lowest BCUT2D eigenvalue weighted by Crippen LogP contribution is -1.99. The Hall–Kier alpha value is -3.08. The van der Waals surface area contributed by atoms with Gasteiger partial charge in [-0.3, -0.25) is 0 Å². The highest BCUT2D eigenvalue weighted by atomic mass is 19.3. The fourth-order valence-electron chi connectivity index (χ4n) is 3.00. The van der Waals surface area contributed by atoms with Gasteiger partial charge in [0.2, 0.25) is 0 Å². The zero-order valence-corrected chi connectivity index (χ0v) is 13.5. The lowest BCUT2D eigenvalue weighted by molar-refractivity contribution is 0.153. The van der Waals surface area contributed by atoms with Crippen LogP contribution in [0.3, 0.4) is 0 Å². The molecule has 0 aliphatic heterocycles. The van der Waals surface area contributed by atoms with E-state index in [9.17, 15) is 8.78 Å². The summed E-state index contributed by atoms with van der Waals surface area (Å²) in [7, 11) is 0. The molecule has 0 spiro atoms. The Bertz CT molecular complexity index is 1030. The van der Waals surface area contributed by atoms with Crippen molar-refractivity contribution in [1.82, 2.24) is 14.8 Å². The van der Waals surface area contributed by atoms with Gasteiger partial charge in [0.15, 0.2) is 5.65 Å². The second-order valence-electron chi connectivity index (χ2n) is 5.79. The topological polar surface area (TPSA) is 30.7 Å². The Morgan fingerprint density at radius 2 is 1.56 bits per heavy atom. The molecule has 0 fully saturated rings. The number of fused-ring (bicyclic) bond motifs is 1. The summed E-state index contributed by atoms with van der Waals surface area (Å²) in [6, 6.07) is 20.2. The van der Waals surface area contributed by atoms with Crippen LogP contribution in [0.25, 0.3) is 28.0 Å². The molecular formula is C20H15F2N3. The maximum Gasteiger partial charge on any atom is 0.264 e. The summed E-state index contributed by atoms with van der Waals surface area (Å²) in [5.41, 5.74) is 3.05. The van der Waals surface area contributed by atoms with Crippen LogP contribution < -0.4 is 0 Å². The first kappa shape index (κ1) is 15.4. The van der Waals surface area contributed by atoms with Gasteiger partial charge < -0.3 is 0 Å². The van der Waals surface area contributed by atoms with Crippen molar-refractivity contribution in [2.24, 2.45) is 0 Å². The molecule has 0 saturated carbocycles. The van der Waals surface area contributed by atoms with E-state index in [2.05, 4.69) is 10.1 Å². The second kappa shape index (κ2) is 6.09. The Balaban J connectivity index is 2.05. The molecule has 0 bridgehead atoms. The molecule has 0 amide bonds. The predicted octanol–water partition coefficient (Wildman–Crippen LogP) is 5.33. The van der Waals surface area contributed by atoms with E-state index in [1.807, 2.05) is 60.7 Å². The van der Waals surface area contributed by atoms with Gasteiger partial charge >= 0.3 is 0 Å². The number of hydrogen-bond donors (Lipinski definition) is 0. The molecule has 0 aliphatic rings. The van der Waals surface area contributed by atoms with Gasteiger partial charge in [0.25, 0.3) is 6.43 Å². The van der Waals surface area contributed by atoms with Crippen LogP contribution >= 0.6 is 0 Å². The van der Waals surface area contributed by atoms with E-state index in [0.717, 1.165) is 11.3 Å². The molecule has 4 aromatic rings. The summed E-state index contributed by atoms with van der Waals surface area (Å²) in [5.74, 6) is 0. The Morgan fingerprint density at radius 1 is 0.920 bits per heavy atom. The number of aromatic nitrogens is 3. The van der Waals surface area contributed by atoms with Gasteiger partial charge in [-0.2, -0.15) is 5.10 Å². The van der Waals surface area contributed by atoms with Crippen molar-refractivity contribution in [2.75, 3.05) is 0 Å². The highest BCUT2D eigenvalue weighted by molar-refractivity contribution is 5.86. The van der Waals surface area contributed by atoms with Crippen LogP contribution in [0.5, 0.6) is 0 Å². The molecule has 0 atom stereocenters. The number of alkyl halides is 2. The number of aryl methyl sites for hydroxylation is 1. The van der Waals surface area contributed by atoms with Crippen LogP contribution in [-0.2, 0) is 0 Å². The Morgan fingerprint density at radius 3 is 2.20 bits per heavy atom. The first-order chi connectivity index (χ1) is 12.1. The van der Waals surface area contributed by atoms with Crippen LogP contribution in [0.2, 0.25) is 0 Å². The second-order valence-corrected chi connectivity index (χ2v) is 5.79. The fourth-order valence-corrected chi connectivity index (χ4v) is 3.00. The molecule has 124 valence electrons. The van der Waals surface area contributed by atoms with Gasteiger partial charge in [-0.25, -0.2) is 18.4 Å². The van der Waals surface area contributed by atoms with E-state index in [1.165, 1.54) is 6.07 Å². The molecule has 4 rings (SSSR count). The molecule has 0 radical (unpaired) electrons. The predicted molar refractivity (Wildman–Crippen MR) is 94.0 cm³/mol. The van der Waals surface area contributed by atoms with Crippen LogP contribution in [0, 0.1) is 6.92 Å². The van der Waals surface area contributed by atoms with E-state index in [1.54, 1.807) is 11.6 Å². The summed E-state index contributed by atoms with van der Waals surface area (Å²) in [6.07, 6.45) is -2.60. The molecule has 2 aromatic heterocycles. The number of nitrogens with zero attached hydrogens (tertiary/aromatic N) is 3. The quantitative estimate of drug-likeness (QED) is 0.506. The molecule has 0 unspecified atom stereocenters. The molecule has 25 heavy (non-hydrogen) atoms. The zero-order valence-electron chi connectivity index (χ0n) is 13.5. The fraction of sp³-hybridized carbons (Fsp3) is 0.100. The third-order valence-electron chi connectivity index (χ3n) is 4.15. The number of halogens is 2. The normalized spacial score (nSPS) is 11.4. The average Bonchev–Trinajstić information content (AvgIpc) is 2.99. The van der Waals surface area contributed by atoms with Crippen LogP contribution in [0.4, 0.5) is 8.78 Å². The summed E-state index contributed by atoms with van der Waals surface area (Å²) in [5, 5.41) is 4.87. The third-order valence-corrected chi connectivity index (χ3v) is 4.15. The summed E-state index contributed by atoms with van der Waals surface area (Å²) < 4.78 is 29.1. The van der Waals surface area contributed by atoms with Gasteiger partial charge in [-0.05, 0) is 25.1 Å². The highest BCUT2D eigenvalue weighted by Gasteiger charge is 2.21. The molecule has 3 nitrogen and oxygen atoms in total. The standard InChI is InChI=1S/C20H15F2N3/c1-13-18-16(19(21)22)12-17(14-8-4-2-5-9-14)23-20(18)25(24-13)15-10-6-3-7-11-15/h2-12,19H,1H3. The van der Waals surface area contributed by atoms with Crippen LogP contribution in [0.1, 0.15) is 17.7 Å². The zero-order chi connectivity index (χ0) is 17.4. The monoisotopic (exact) mass is 335 g/mol. The van der Waals surface area contributed by atoms with Crippen LogP contribution in [-0.4, -0.2) is 14.8 Å². The van der Waals surface area contributed by atoms with Gasteiger partial charge in [-0.1, -0.05) is 48.5 Å². The van der Waals surface area contributed by atoms with Crippen LogP contribution in [0.15, 0.2) is 66.7 Å². The smallest absolute Gasteiger partial charge is 0.228 e. The lowest BCUT2D eigenvalue weighted by Gasteiger charge is -2.08. The van der Waals surface area contributed by atoms with E-state index < -0.39 is 6.43 Å². The maximum atomic E-state index is 13.7. The number of benzene rings is 2. The average molecular weight is 335 g/mol. The number of rotatable bonds is 3. The minimum Gasteiger partial charge on any atom is -0.228 e. The Kier molecular flexibility index (Phi) is 3.76. The van der Waals surface area contributed by atoms with Crippen molar-refractivity contribution in [1.29, 1.82) is 0 Å².